The zero-order valence-corrected chi connectivity index (χ0v) is 18.7. The lowest BCUT2D eigenvalue weighted by atomic mass is 9.48. The molecular weight excluding hydrogens is 364 g/mol. The van der Waals surface area contributed by atoms with Crippen molar-refractivity contribution in [3.63, 3.8) is 0 Å². The highest BCUT2D eigenvalue weighted by Gasteiger charge is 2.55. The maximum atomic E-state index is 10.9. The van der Waals surface area contributed by atoms with Crippen LogP contribution in [0.25, 0.3) is 12.2 Å². The fraction of sp³-hybridized carbons (Fsp3) is 0.552. The van der Waals surface area contributed by atoms with Crippen molar-refractivity contribution in [1.29, 1.82) is 0 Å². The number of Topliss-reactive ketones (excluding diaryl/α,β-unsaturated/α-hetero) is 1. The van der Waals surface area contributed by atoms with Gasteiger partial charge in [-0.1, -0.05) is 74.4 Å². The summed E-state index contributed by atoms with van der Waals surface area (Å²) in [4.78, 5) is 10.9. The summed E-state index contributed by atoms with van der Waals surface area (Å²) in [7, 11) is 0. The van der Waals surface area contributed by atoms with Crippen LogP contribution in [-0.2, 0) is 4.79 Å². The summed E-state index contributed by atoms with van der Waals surface area (Å²) >= 11 is 0. The predicted octanol–water partition coefficient (Wildman–Crippen LogP) is 5.73. The molecule has 0 saturated heterocycles. The van der Waals surface area contributed by atoms with Crippen LogP contribution < -0.4 is 10.4 Å². The maximum Gasteiger partial charge on any atom is 0.160 e. The van der Waals surface area contributed by atoms with Crippen LogP contribution in [0.1, 0.15) is 71.6 Å². The van der Waals surface area contributed by atoms with Gasteiger partial charge >= 0.3 is 0 Å². The summed E-state index contributed by atoms with van der Waals surface area (Å²) in [5, 5.41) is 2.22. The molecule has 3 fully saturated rings. The van der Waals surface area contributed by atoms with Gasteiger partial charge in [-0.15, -0.1) is 0 Å². The molecule has 0 spiro atoms. The number of ketones is 1. The van der Waals surface area contributed by atoms with Crippen molar-refractivity contribution in [2.75, 3.05) is 0 Å². The van der Waals surface area contributed by atoms with Crippen molar-refractivity contribution in [2.45, 2.75) is 71.6 Å². The van der Waals surface area contributed by atoms with Crippen molar-refractivity contribution < 1.29 is 4.79 Å². The summed E-state index contributed by atoms with van der Waals surface area (Å²) in [5.41, 5.74) is 2.90. The van der Waals surface area contributed by atoms with E-state index in [4.69, 9.17) is 0 Å². The fourth-order valence-corrected chi connectivity index (χ4v) is 7.60. The predicted molar refractivity (Wildman–Crippen MR) is 125 cm³/mol. The number of allylic oxidation sites excluding steroid dienone is 4. The van der Waals surface area contributed by atoms with Crippen LogP contribution in [0.4, 0.5) is 0 Å². The second-order valence-electron chi connectivity index (χ2n) is 10.8. The van der Waals surface area contributed by atoms with Gasteiger partial charge in [0.15, 0.2) is 5.78 Å². The van der Waals surface area contributed by atoms with E-state index in [9.17, 15) is 4.79 Å². The van der Waals surface area contributed by atoms with Gasteiger partial charge in [-0.05, 0) is 84.6 Å². The molecule has 1 heteroatoms. The Balaban J connectivity index is 0.000000149. The molecule has 1 aromatic rings. The first-order chi connectivity index (χ1) is 14.5. The van der Waals surface area contributed by atoms with Crippen molar-refractivity contribution in [2.24, 2.45) is 28.6 Å². The molecule has 0 aliphatic heterocycles. The molecule has 0 bridgehead atoms. The number of fused-ring (bicyclic) bond motifs is 6. The van der Waals surface area contributed by atoms with Crippen molar-refractivity contribution in [3.8, 4) is 0 Å². The Morgan fingerprint density at radius 1 is 0.933 bits per heavy atom. The number of hydrogen-bond acceptors (Lipinski definition) is 1. The molecule has 0 aromatic heterocycles. The van der Waals surface area contributed by atoms with Crippen LogP contribution in [0, 0.1) is 28.6 Å². The van der Waals surface area contributed by atoms with E-state index in [0.29, 0.717) is 17.3 Å². The molecule has 6 rings (SSSR count). The molecule has 0 unspecified atom stereocenters. The van der Waals surface area contributed by atoms with E-state index in [2.05, 4.69) is 32.1 Å². The van der Waals surface area contributed by atoms with Crippen molar-refractivity contribution in [3.05, 3.63) is 58.5 Å². The molecule has 158 valence electrons. The second kappa shape index (κ2) is 7.66. The van der Waals surface area contributed by atoms with E-state index in [1.165, 1.54) is 56.6 Å². The largest absolute Gasteiger partial charge is 0.294 e. The van der Waals surface area contributed by atoms with Crippen LogP contribution in [0.5, 0.6) is 0 Å². The van der Waals surface area contributed by atoms with Crippen LogP contribution in [0.15, 0.2) is 48.1 Å². The third-order valence-corrected chi connectivity index (χ3v) is 9.23. The molecule has 5 aliphatic rings. The first-order valence-corrected chi connectivity index (χ1v) is 12.2. The van der Waals surface area contributed by atoms with Gasteiger partial charge in [0.1, 0.15) is 0 Å². The highest BCUT2D eigenvalue weighted by molar-refractivity contribution is 6.09. The normalized spacial score (nSPS) is 38.4. The van der Waals surface area contributed by atoms with Gasteiger partial charge in [0.25, 0.3) is 0 Å². The maximum absolute atomic E-state index is 10.9. The number of hydrogen-bond donors (Lipinski definition) is 0. The summed E-state index contributed by atoms with van der Waals surface area (Å²) in [6, 6.07) is 7.92. The molecule has 3 saturated carbocycles. The second-order valence-corrected chi connectivity index (χ2v) is 10.8. The number of carbonyl (C=O) groups is 1. The average molecular weight is 401 g/mol. The molecule has 30 heavy (non-hydrogen) atoms. The standard InChI is InChI=1S/C19H28.C10H8O/c1-18-11-5-7-16(18)15-9-8-14-6-3-4-12-19(14,2)17(15)10-13-18;11-10-6-5-8-3-1-2-4-9(8)7-10/h4,6,12,15-17H,3,5,7-11,13H2,1-2H3;1-5,7H,6H2/t15-,16-,17-,18-,19-;/m0./s1. The Morgan fingerprint density at radius 2 is 1.77 bits per heavy atom. The minimum atomic E-state index is 0.198. The zero-order valence-electron chi connectivity index (χ0n) is 18.7. The lowest BCUT2D eigenvalue weighted by Gasteiger charge is -2.56. The Hall–Kier alpha value is -1.89. The van der Waals surface area contributed by atoms with E-state index in [-0.39, 0.29) is 5.78 Å². The summed E-state index contributed by atoms with van der Waals surface area (Å²) < 4.78 is 0. The average Bonchev–Trinajstić information content (AvgIpc) is 3.15. The molecular formula is C29H36O. The van der Waals surface area contributed by atoms with Crippen molar-refractivity contribution >= 4 is 17.9 Å². The molecule has 0 heterocycles. The van der Waals surface area contributed by atoms with Crippen molar-refractivity contribution in [1.82, 2.24) is 0 Å². The molecule has 5 aliphatic carbocycles. The highest BCUT2D eigenvalue weighted by atomic mass is 16.1. The molecule has 0 amide bonds. The minimum absolute atomic E-state index is 0.198. The quantitative estimate of drug-likeness (QED) is 0.509. The lowest BCUT2D eigenvalue weighted by Crippen LogP contribution is -2.47. The lowest BCUT2D eigenvalue weighted by molar-refractivity contribution is -0.112. The van der Waals surface area contributed by atoms with Gasteiger partial charge in [0, 0.05) is 11.8 Å². The van der Waals surface area contributed by atoms with Gasteiger partial charge in [-0.25, -0.2) is 0 Å². The van der Waals surface area contributed by atoms with E-state index in [1.807, 2.05) is 30.3 Å². The Labute approximate surface area is 181 Å². The first-order valence-electron chi connectivity index (χ1n) is 12.2. The highest BCUT2D eigenvalue weighted by Crippen LogP contribution is 2.64. The Bertz CT molecular complexity index is 1010. The van der Waals surface area contributed by atoms with Crippen LogP contribution in [0.2, 0.25) is 0 Å². The van der Waals surface area contributed by atoms with E-state index < -0.39 is 0 Å². The SMILES string of the molecule is C[C@@]12CCC[C@H]1[C@@H]1CCC3=CCC=C[C@]3(C)[C@H]1CC2.O=C1C=c2ccccc2=CC1. The van der Waals surface area contributed by atoms with Crippen LogP contribution >= 0.6 is 0 Å². The minimum Gasteiger partial charge on any atom is -0.294 e. The van der Waals surface area contributed by atoms with E-state index >= 15 is 0 Å². The van der Waals surface area contributed by atoms with Gasteiger partial charge < -0.3 is 0 Å². The monoisotopic (exact) mass is 400 g/mol. The van der Waals surface area contributed by atoms with Crippen LogP contribution in [0.3, 0.4) is 0 Å². The van der Waals surface area contributed by atoms with Gasteiger partial charge in [-0.3, -0.25) is 4.79 Å². The molecule has 5 atom stereocenters. The summed E-state index contributed by atoms with van der Waals surface area (Å²) in [6.45, 7) is 5.15. The van der Waals surface area contributed by atoms with E-state index in [1.54, 1.807) is 11.6 Å². The summed E-state index contributed by atoms with van der Waals surface area (Å²) in [5.74, 6) is 3.20. The van der Waals surface area contributed by atoms with Gasteiger partial charge in [-0.2, -0.15) is 0 Å². The number of carbonyl (C=O) groups excluding carboxylic acids is 1. The third kappa shape index (κ3) is 3.35. The number of benzene rings is 1. The zero-order chi connectivity index (χ0) is 20.8. The van der Waals surface area contributed by atoms with E-state index in [0.717, 1.165) is 23.0 Å². The molecule has 0 N–H and O–H groups in total. The molecule has 1 nitrogen and oxygen atoms in total. The fourth-order valence-electron chi connectivity index (χ4n) is 7.60. The smallest absolute Gasteiger partial charge is 0.160 e. The topological polar surface area (TPSA) is 17.1 Å². The third-order valence-electron chi connectivity index (χ3n) is 9.23. The molecule has 1 aromatic carbocycles. The number of rotatable bonds is 0. The Morgan fingerprint density at radius 3 is 2.63 bits per heavy atom. The first kappa shape index (κ1) is 20.0. The van der Waals surface area contributed by atoms with Gasteiger partial charge in [0.2, 0.25) is 0 Å². The summed E-state index contributed by atoms with van der Waals surface area (Å²) in [6.07, 6.45) is 23.3. The van der Waals surface area contributed by atoms with Crippen LogP contribution in [-0.4, -0.2) is 5.78 Å². The Kier molecular flexibility index (Phi) is 5.12. The van der Waals surface area contributed by atoms with Gasteiger partial charge in [0.05, 0.1) is 0 Å². The molecule has 0 radical (unpaired) electrons.